The second kappa shape index (κ2) is 48.9. The van der Waals surface area contributed by atoms with Crippen molar-refractivity contribution < 1.29 is 155 Å². The molecule has 11 unspecified atom stereocenters. The molecule has 68 heteroatoms. The van der Waals surface area contributed by atoms with Crippen LogP contribution in [0.25, 0.3) is 22.3 Å². The number of aliphatic hydroxyl groups is 1. The Hall–Kier alpha value is -7.06. The zero-order valence-corrected chi connectivity index (χ0v) is 86.6. The number of phosphoric ester groups is 1. The Morgan fingerprint density at radius 1 is 0.382 bits per heavy atom. The smallest absolute Gasteiger partial charge is 0.387 e. The summed E-state index contributed by atoms with van der Waals surface area (Å²) in [7, 11) is 1.03. The van der Waals surface area contributed by atoms with Crippen LogP contribution in [0.4, 0.5) is 34.9 Å². The lowest BCUT2D eigenvalue weighted by atomic mass is 10.1. The van der Waals surface area contributed by atoms with Crippen molar-refractivity contribution in [3.05, 3.63) is 114 Å². The van der Waals surface area contributed by atoms with Crippen molar-refractivity contribution in [1.82, 2.24) is 77.2 Å². The zero-order valence-electron chi connectivity index (χ0n) is 78.7. The van der Waals surface area contributed by atoms with Gasteiger partial charge in [-0.15, -0.1) is 0 Å². The third-order valence-corrected chi connectivity index (χ3v) is 30.8. The van der Waals surface area contributed by atoms with Crippen LogP contribution in [0.3, 0.4) is 0 Å². The summed E-state index contributed by atoms with van der Waals surface area (Å²) >= 11 is 21.7. The molecule has 0 aliphatic carbocycles. The van der Waals surface area contributed by atoms with E-state index in [2.05, 4.69) is 62.1 Å². The molecule has 0 saturated carbocycles. The molecule has 6 aliphatic rings. The van der Waals surface area contributed by atoms with Gasteiger partial charge in [0.25, 0.3) is 0 Å². The summed E-state index contributed by atoms with van der Waals surface area (Å²) in [6, 6.07) is 0. The number of fused-ring (bicyclic) bond motifs is 2. The van der Waals surface area contributed by atoms with E-state index in [1.165, 1.54) is 93.6 Å². The molecule has 0 amide bonds. The number of nitrogens with two attached hydrogens (primary N) is 6. The molecule has 0 radical (unpaired) electrons. The van der Waals surface area contributed by atoms with Crippen LogP contribution in [0.15, 0.2) is 69.3 Å². The van der Waals surface area contributed by atoms with Gasteiger partial charge in [-0.25, -0.2) is 58.2 Å². The number of rotatable bonds is 52. The van der Waals surface area contributed by atoms with Crippen LogP contribution >= 0.6 is 47.0 Å². The normalized spacial score (nSPS) is 29.3. The molecule has 0 bridgehead atoms. The number of aliphatic hydroxyl groups excluding tert-OH is 1. The number of hydrogen-bond acceptors (Lipinski definition) is 52. The van der Waals surface area contributed by atoms with Crippen LogP contribution in [0.2, 0.25) is 0 Å². The molecule has 14 heterocycles. The Morgan fingerprint density at radius 3 is 1.08 bits per heavy atom. The number of aryl methyl sites for hydroxylation is 4. The van der Waals surface area contributed by atoms with Gasteiger partial charge in [0.05, 0.1) is 124 Å². The molecule has 17 N–H and O–H groups in total. The maximum atomic E-state index is 15.6. The Morgan fingerprint density at radius 2 is 0.694 bits per heavy atom. The Balaban J connectivity index is 0.757. The van der Waals surface area contributed by atoms with E-state index in [9.17, 15) is 43.9 Å². The van der Waals surface area contributed by atoms with Gasteiger partial charge >= 0.3 is 57.5 Å². The molecule has 0 spiro atoms. The number of ether oxygens (including phenoxy) is 16. The number of imidazole rings is 2. The Labute approximate surface area is 839 Å². The fraction of sp³-hybridized carbons (Fsp3) is 0.658. The molecule has 144 heavy (non-hydrogen) atoms. The molecule has 8 aromatic heterocycles. The molecule has 6 saturated heterocycles. The van der Waals surface area contributed by atoms with Gasteiger partial charge in [-0.2, -0.15) is 19.9 Å². The van der Waals surface area contributed by atoms with Crippen LogP contribution in [0.1, 0.15) is 79.4 Å². The highest BCUT2D eigenvalue weighted by Gasteiger charge is 2.58. The standard InChI is InChI=1S/C76H113N22O37P5S4/c1-11-40-41(22-47(125-40)93-23-36(2)60(77)89-73(93)100)131-137(106,141)122-30-45-53(58(118-20-15-113-9)70(128-45)96-26-39(5)63(80)92-76(96)103)134-139(108,143)123-29-44-51(56(116-18-13-111-7)71(129-44)97-34-87-48-64(81)83-32-85-66(48)97)132-136(104,105)120-28-43-52(57(117-19-14-112-8)69(127-43)95-25-38(4)62(79)91-75(95)102)133-140(109,144)124-31-46-54(59(119-21-16-114-10)72(130-46)98-35-88-49-65(82)84-33-86-67(49)98)135-138(107,142)121-27-42-50(99)55(115-17-12-110-6)68(126-42)94-24-37(3)61(78)90-74(94)101/h23-26,32-35,40-47,50-59,68-72,99H,11-22,27-31H2,1-10H3,(H,104,105)(H,106,141)(H,107,142)(H,108,143)(H,109,144)(H2,77,89,100)(H2,78,90,101)(H2,79,91,102)(H2,80,92,103)(H2,81,83,85)(H2,82,84,86)/t40-,41?,42-,43-,44-,45-,46-,47-,50?,51?,52?,53?,54?,55+,56+,57+,58+,59+,68-,69-,70-,71-,72-,137?,138?,139?,140?/m1/s1. The number of aromatic nitrogens is 16. The van der Waals surface area contributed by atoms with Crippen molar-refractivity contribution in [2.75, 3.05) is 169 Å². The minimum Gasteiger partial charge on any atom is -0.387 e. The minimum atomic E-state index is -5.85. The highest BCUT2D eigenvalue weighted by atomic mass is 32.7. The average Bonchev–Trinajstić information content (AvgIpc) is 1.61. The first-order valence-electron chi connectivity index (χ1n) is 44.2. The van der Waals surface area contributed by atoms with Crippen LogP contribution in [-0.4, -0.2) is 340 Å². The van der Waals surface area contributed by atoms with Gasteiger partial charge < -0.3 is 153 Å². The van der Waals surface area contributed by atoms with Gasteiger partial charge in [-0.05, 0) is 69.5 Å². The predicted molar refractivity (Wildman–Crippen MR) is 513 cm³/mol. The van der Waals surface area contributed by atoms with Crippen molar-refractivity contribution in [1.29, 1.82) is 0 Å². The second-order valence-corrected chi connectivity index (χ2v) is 45.8. The van der Waals surface area contributed by atoms with E-state index in [-0.39, 0.29) is 141 Å². The highest BCUT2D eigenvalue weighted by Crippen LogP contribution is 2.60. The number of nitrogens with zero attached hydrogens (tertiary/aromatic N) is 16. The molecule has 6 aliphatic heterocycles. The quantitative estimate of drug-likeness (QED) is 0.0135. The summed E-state index contributed by atoms with van der Waals surface area (Å²) in [4.78, 5) is 146. The third-order valence-electron chi connectivity index (χ3n) is 23.5. The maximum absolute atomic E-state index is 15.6. The summed E-state index contributed by atoms with van der Waals surface area (Å²) in [6.45, 7) is -17.5. The van der Waals surface area contributed by atoms with Gasteiger partial charge in [-0.3, -0.25) is 54.5 Å². The molecular formula is C76H113N22O37P5S4. The van der Waals surface area contributed by atoms with E-state index in [1.807, 2.05) is 0 Å². The fourth-order valence-corrected chi connectivity index (χ4v) is 23.2. The molecule has 28 atom stereocenters. The third kappa shape index (κ3) is 26.7. The number of phosphoric acid groups is 1. The molecule has 14 rings (SSSR count). The minimum absolute atomic E-state index is 0.00852. The SMILES string of the molecule is CC[C@H]1O[C@@H](n2cc(C)c(N)nc2=O)CC1OP(O)(=S)OC[C@H]1O[C@@H](n2cc(C)c(N)nc2=O)[C@@H](OCCOC)C1OP(=O)(S)OC[C@H]1O[C@@H](n2cnc3c(N)ncnc32)[C@@H](OCCOC)C1OP(=O)(O)OC[C@H]1O[C@@H](n2cc(C)c(N)nc2=O)[C@@H](OCCOC)C1OP(O)(=S)OC[C@H]1O[C@@H](n2cnc3c(N)ncnc32)[C@@H](OCCOC)C1OP(O)(=S)OC[C@H]1O[C@@H](n2cc(C)c(N)nc2=O)[C@@H](OCCOC)C1O. The zero-order chi connectivity index (χ0) is 104. The monoisotopic (exact) mass is 2210 g/mol. The van der Waals surface area contributed by atoms with Crippen molar-refractivity contribution >= 4 is 140 Å². The van der Waals surface area contributed by atoms with Gasteiger partial charge in [0.2, 0.25) is 0 Å². The van der Waals surface area contributed by atoms with Crippen LogP contribution in [-0.2, 0) is 166 Å². The Kier molecular flexibility index (Phi) is 38.2. The number of anilines is 6. The maximum Gasteiger partial charge on any atom is 0.472 e. The summed E-state index contributed by atoms with van der Waals surface area (Å²) in [6.07, 6.45) is -24.6. The second-order valence-electron chi connectivity index (χ2n) is 33.1. The van der Waals surface area contributed by atoms with Gasteiger partial charge in [0, 0.05) is 89.0 Å². The van der Waals surface area contributed by atoms with E-state index < -0.39 is 232 Å². The number of thiol groups is 1. The van der Waals surface area contributed by atoms with E-state index in [4.69, 9.17) is 191 Å². The molecule has 798 valence electrons. The summed E-state index contributed by atoms with van der Waals surface area (Å²) < 4.78 is 197. The van der Waals surface area contributed by atoms with Crippen molar-refractivity contribution in [2.24, 2.45) is 0 Å². The van der Waals surface area contributed by atoms with Crippen LogP contribution in [0, 0.1) is 27.7 Å². The van der Waals surface area contributed by atoms with E-state index in [1.54, 1.807) is 27.7 Å². The topological polar surface area (TPSA) is 758 Å². The van der Waals surface area contributed by atoms with Gasteiger partial charge in [-0.1, -0.05) is 19.2 Å². The molecule has 6 fully saturated rings. The lowest BCUT2D eigenvalue weighted by molar-refractivity contribution is -0.0838. The van der Waals surface area contributed by atoms with Gasteiger partial charge in [0.1, 0.15) is 145 Å². The Bertz CT molecular complexity index is 6300. The van der Waals surface area contributed by atoms with E-state index in [0.29, 0.717) is 17.5 Å². The summed E-state index contributed by atoms with van der Waals surface area (Å²) in [5.74, 6) is -0.545. The summed E-state index contributed by atoms with van der Waals surface area (Å²) in [5, 5.41) is 11.9. The van der Waals surface area contributed by atoms with Gasteiger partial charge in [0.15, 0.2) is 54.1 Å². The van der Waals surface area contributed by atoms with Crippen molar-refractivity contribution in [3.63, 3.8) is 0 Å². The molecule has 59 nitrogen and oxygen atoms in total. The van der Waals surface area contributed by atoms with E-state index in [0.717, 1.165) is 26.4 Å². The van der Waals surface area contributed by atoms with Crippen molar-refractivity contribution in [3.8, 4) is 0 Å². The largest absolute Gasteiger partial charge is 0.472 e. The van der Waals surface area contributed by atoms with Crippen LogP contribution < -0.4 is 57.2 Å². The first-order chi connectivity index (χ1) is 68.5. The lowest BCUT2D eigenvalue weighted by Crippen LogP contribution is -2.41. The van der Waals surface area contributed by atoms with Crippen molar-refractivity contribution in [2.45, 2.75) is 189 Å². The summed E-state index contributed by atoms with van der Waals surface area (Å²) in [5.41, 5.74) is 34.8. The number of methoxy groups -OCH3 is 5. The predicted octanol–water partition coefficient (Wildman–Crippen LogP) is -0.0782. The molecule has 0 aromatic carbocycles. The number of nitrogen functional groups attached to an aromatic ring is 6. The fourth-order valence-electron chi connectivity index (χ4n) is 16.4. The first kappa shape index (κ1) is 113. The van der Waals surface area contributed by atoms with Crippen LogP contribution in [0.5, 0.6) is 0 Å². The highest BCUT2D eigenvalue weighted by molar-refractivity contribution is 8.44. The number of hydrogen-bond donors (Lipinski definition) is 12. The average molecular weight is 2210 g/mol. The first-order valence-corrected chi connectivity index (χ1v) is 56.1. The van der Waals surface area contributed by atoms with E-state index >= 15 is 9.13 Å². The lowest BCUT2D eigenvalue weighted by Gasteiger charge is -2.30. The molecule has 8 aromatic rings. The molecular weight excluding hydrogens is 2100 g/mol.